The summed E-state index contributed by atoms with van der Waals surface area (Å²) >= 11 is 14.4. The van der Waals surface area contributed by atoms with Gasteiger partial charge < -0.3 is 33.7 Å². The standard InChI is InChI=1S/C43H49Cl2N5O5/c1-43(2,3)55-42(51)50(31-16-21-54-22-17-31)26-28-10-9-27(23-37(28)52-5)40-39(45)34(13-18-46-40)33-7-6-8-35(38(33)44)36-12-11-32-29(25-49(4)41(32)48-36)24-47-30-14-19-53-20-15-30/h6-13,18,23,25,30-31,47H,14-17,19-22,24,26H2,1-5H3. The number of hydrogen-bond acceptors (Lipinski definition) is 8. The molecule has 0 unspecified atom stereocenters. The Morgan fingerprint density at radius 1 is 0.927 bits per heavy atom. The van der Waals surface area contributed by atoms with Gasteiger partial charge in [-0.2, -0.15) is 0 Å². The number of carbonyl (C=O) groups is 1. The molecule has 12 heteroatoms. The van der Waals surface area contributed by atoms with Gasteiger partial charge in [-0.1, -0.05) is 53.5 Å². The molecule has 55 heavy (non-hydrogen) atoms. The van der Waals surface area contributed by atoms with Crippen LogP contribution in [-0.4, -0.2) is 76.8 Å². The van der Waals surface area contributed by atoms with Crippen LogP contribution in [0.1, 0.15) is 57.6 Å². The zero-order chi connectivity index (χ0) is 38.7. The predicted octanol–water partition coefficient (Wildman–Crippen LogP) is 9.47. The molecule has 3 aromatic heterocycles. The van der Waals surface area contributed by atoms with Gasteiger partial charge in [-0.15, -0.1) is 0 Å². The van der Waals surface area contributed by atoms with Crippen LogP contribution in [0.2, 0.25) is 10.0 Å². The highest BCUT2D eigenvalue weighted by Gasteiger charge is 2.31. The number of aromatic nitrogens is 3. The first-order valence-electron chi connectivity index (χ1n) is 18.9. The number of nitrogens with one attached hydrogen (secondary N) is 1. The fourth-order valence-electron chi connectivity index (χ4n) is 7.44. The van der Waals surface area contributed by atoms with E-state index in [0.717, 1.165) is 90.0 Å². The van der Waals surface area contributed by atoms with Crippen LogP contribution < -0.4 is 10.1 Å². The highest BCUT2D eigenvalue weighted by molar-refractivity contribution is 6.39. The maximum absolute atomic E-state index is 13.4. The normalized spacial score (nSPS) is 15.7. The summed E-state index contributed by atoms with van der Waals surface area (Å²) in [7, 11) is 3.65. The second-order valence-corrected chi connectivity index (χ2v) is 16.0. The van der Waals surface area contributed by atoms with Crippen LogP contribution in [0.15, 0.2) is 67.0 Å². The summed E-state index contributed by atoms with van der Waals surface area (Å²) < 4.78 is 24.9. The first kappa shape index (κ1) is 39.1. The molecule has 5 aromatic rings. The van der Waals surface area contributed by atoms with E-state index in [-0.39, 0.29) is 12.1 Å². The number of amides is 1. The molecule has 0 spiro atoms. The molecule has 290 valence electrons. The third kappa shape index (κ3) is 8.79. The summed E-state index contributed by atoms with van der Waals surface area (Å²) in [4.78, 5) is 25.0. The Kier molecular flexibility index (Phi) is 12.0. The highest BCUT2D eigenvalue weighted by Crippen LogP contribution is 2.42. The lowest BCUT2D eigenvalue weighted by molar-refractivity contribution is -0.00822. The number of hydrogen-bond donors (Lipinski definition) is 1. The van der Waals surface area contributed by atoms with Crippen LogP contribution in [0.4, 0.5) is 4.79 Å². The summed E-state index contributed by atoms with van der Waals surface area (Å²) in [6.45, 7) is 9.54. The van der Waals surface area contributed by atoms with Crippen LogP contribution >= 0.6 is 23.2 Å². The molecule has 2 aliphatic rings. The maximum Gasteiger partial charge on any atom is 0.410 e. The van der Waals surface area contributed by atoms with Gasteiger partial charge in [-0.05, 0) is 76.3 Å². The van der Waals surface area contributed by atoms with Crippen LogP contribution in [0.25, 0.3) is 44.7 Å². The predicted molar refractivity (Wildman–Crippen MR) is 218 cm³/mol. The van der Waals surface area contributed by atoms with Gasteiger partial charge in [0.15, 0.2) is 0 Å². The van der Waals surface area contributed by atoms with Gasteiger partial charge in [0, 0.05) is 97.7 Å². The minimum atomic E-state index is -0.622. The SMILES string of the molecule is COc1cc(-c2nccc(-c3cccc(-c4ccc5c(CNC6CCOCC6)cn(C)c5n4)c3Cl)c2Cl)ccc1CN(C(=O)OC(C)(C)C)C1CCOCC1. The van der Waals surface area contributed by atoms with E-state index < -0.39 is 5.60 Å². The maximum atomic E-state index is 13.4. The smallest absolute Gasteiger partial charge is 0.410 e. The molecular formula is C43H49Cl2N5O5. The van der Waals surface area contributed by atoms with Gasteiger partial charge in [0.2, 0.25) is 0 Å². The summed E-state index contributed by atoms with van der Waals surface area (Å²) in [6, 6.07) is 18.2. The Hall–Kier alpha value is -4.19. The fraction of sp³-hybridized carbons (Fsp3) is 0.419. The second-order valence-electron chi connectivity index (χ2n) is 15.3. The van der Waals surface area contributed by atoms with Gasteiger partial charge in [0.1, 0.15) is 17.0 Å². The Labute approximate surface area is 333 Å². The zero-order valence-corrected chi connectivity index (χ0v) is 33.7. The van der Waals surface area contributed by atoms with Gasteiger partial charge in [0.25, 0.3) is 0 Å². The summed E-state index contributed by atoms with van der Waals surface area (Å²) in [5.41, 5.74) is 6.79. The topological polar surface area (TPSA) is 100.0 Å². The zero-order valence-electron chi connectivity index (χ0n) is 32.2. The number of benzene rings is 2. The molecule has 2 aromatic carbocycles. The molecule has 0 aliphatic carbocycles. The lowest BCUT2D eigenvalue weighted by atomic mass is 9.99. The Bertz CT molecular complexity index is 2150. The van der Waals surface area contributed by atoms with Crippen molar-refractivity contribution in [2.24, 2.45) is 7.05 Å². The van der Waals surface area contributed by atoms with Crippen LogP contribution in [0.3, 0.4) is 0 Å². The van der Waals surface area contributed by atoms with E-state index in [0.29, 0.717) is 47.3 Å². The van der Waals surface area contributed by atoms with E-state index in [2.05, 4.69) is 27.1 Å². The van der Waals surface area contributed by atoms with Gasteiger partial charge in [0.05, 0.1) is 35.1 Å². The highest BCUT2D eigenvalue weighted by atomic mass is 35.5. The van der Waals surface area contributed by atoms with E-state index in [4.69, 9.17) is 47.1 Å². The molecule has 2 fully saturated rings. The summed E-state index contributed by atoms with van der Waals surface area (Å²) in [6.07, 6.45) is 7.06. The average molecular weight is 787 g/mol. The quantitative estimate of drug-likeness (QED) is 0.150. The molecule has 0 radical (unpaired) electrons. The molecule has 0 atom stereocenters. The number of carbonyl (C=O) groups excluding carboxylic acids is 1. The number of methoxy groups -OCH3 is 1. The molecule has 7 rings (SSSR count). The molecule has 1 amide bonds. The lowest BCUT2D eigenvalue weighted by Crippen LogP contribution is -2.45. The van der Waals surface area contributed by atoms with E-state index in [1.165, 1.54) is 5.56 Å². The molecule has 0 saturated carbocycles. The number of pyridine rings is 2. The van der Waals surface area contributed by atoms with Crippen molar-refractivity contribution in [3.63, 3.8) is 0 Å². The molecule has 2 aliphatic heterocycles. The minimum Gasteiger partial charge on any atom is -0.496 e. The minimum absolute atomic E-state index is 0.00663. The largest absolute Gasteiger partial charge is 0.496 e. The van der Waals surface area contributed by atoms with E-state index in [9.17, 15) is 4.79 Å². The molecular weight excluding hydrogens is 737 g/mol. The van der Waals surface area contributed by atoms with Crippen molar-refractivity contribution >= 4 is 40.3 Å². The monoisotopic (exact) mass is 785 g/mol. The van der Waals surface area contributed by atoms with Gasteiger partial charge in [-0.25, -0.2) is 9.78 Å². The van der Waals surface area contributed by atoms with Gasteiger partial charge in [-0.3, -0.25) is 4.98 Å². The number of rotatable bonds is 10. The number of ether oxygens (including phenoxy) is 4. The first-order valence-corrected chi connectivity index (χ1v) is 19.7. The van der Waals surface area contributed by atoms with Crippen molar-refractivity contribution in [3.8, 4) is 39.4 Å². The van der Waals surface area contributed by atoms with Crippen molar-refractivity contribution in [1.82, 2.24) is 24.8 Å². The van der Waals surface area contributed by atoms with Crippen molar-refractivity contribution in [2.75, 3.05) is 33.5 Å². The fourth-order valence-corrected chi connectivity index (χ4v) is 8.08. The number of fused-ring (bicyclic) bond motifs is 1. The number of aryl methyl sites for hydroxylation is 1. The third-order valence-corrected chi connectivity index (χ3v) is 11.1. The first-order chi connectivity index (χ1) is 26.5. The van der Waals surface area contributed by atoms with E-state index >= 15 is 0 Å². The lowest BCUT2D eigenvalue weighted by Gasteiger charge is -2.35. The van der Waals surface area contributed by atoms with E-state index in [1.807, 2.05) is 76.3 Å². The number of halogens is 2. The molecule has 1 N–H and O–H groups in total. The summed E-state index contributed by atoms with van der Waals surface area (Å²) in [5, 5.41) is 5.82. The van der Waals surface area contributed by atoms with Crippen LogP contribution in [0, 0.1) is 0 Å². The molecule has 0 bridgehead atoms. The third-order valence-electron chi connectivity index (χ3n) is 10.3. The Balaban J connectivity index is 1.15. The van der Waals surface area contributed by atoms with Crippen LogP contribution in [-0.2, 0) is 34.3 Å². The Morgan fingerprint density at radius 2 is 1.64 bits per heavy atom. The molecule has 2 saturated heterocycles. The Morgan fingerprint density at radius 3 is 2.36 bits per heavy atom. The molecule has 5 heterocycles. The summed E-state index contributed by atoms with van der Waals surface area (Å²) in [5.74, 6) is 0.617. The molecule has 10 nitrogen and oxygen atoms in total. The average Bonchev–Trinajstić information content (AvgIpc) is 3.50. The van der Waals surface area contributed by atoms with Crippen LogP contribution in [0.5, 0.6) is 5.75 Å². The van der Waals surface area contributed by atoms with Crippen molar-refractivity contribution in [3.05, 3.63) is 88.2 Å². The van der Waals surface area contributed by atoms with Crippen molar-refractivity contribution in [1.29, 1.82) is 0 Å². The van der Waals surface area contributed by atoms with E-state index in [1.54, 1.807) is 18.2 Å². The number of nitrogens with zero attached hydrogens (tertiary/aromatic N) is 4. The van der Waals surface area contributed by atoms with Crippen molar-refractivity contribution in [2.45, 2.75) is 77.2 Å². The second kappa shape index (κ2) is 16.9. The van der Waals surface area contributed by atoms with Gasteiger partial charge >= 0.3 is 6.09 Å². The van der Waals surface area contributed by atoms with Crippen molar-refractivity contribution < 1.29 is 23.7 Å².